The van der Waals surface area contributed by atoms with Crippen LogP contribution in [0.5, 0.6) is 0 Å². The molecule has 6 heteroatoms. The van der Waals surface area contributed by atoms with Crippen LogP contribution >= 0.6 is 0 Å². The lowest BCUT2D eigenvalue weighted by molar-refractivity contribution is 0.0276. The molecule has 0 saturated carbocycles. The van der Waals surface area contributed by atoms with Gasteiger partial charge in [-0.2, -0.15) is 0 Å². The molecule has 0 radical (unpaired) electrons. The molecule has 21 heavy (non-hydrogen) atoms. The van der Waals surface area contributed by atoms with Gasteiger partial charge in [0, 0.05) is 25.6 Å². The quantitative estimate of drug-likeness (QED) is 0.772. The summed E-state index contributed by atoms with van der Waals surface area (Å²) in [6, 6.07) is 6.29. The molecular formula is C15H21NO4S. The summed E-state index contributed by atoms with van der Waals surface area (Å²) in [7, 11) is -2.03. The van der Waals surface area contributed by atoms with Crippen LogP contribution in [-0.4, -0.2) is 39.4 Å². The molecule has 0 bridgehead atoms. The third-order valence-corrected chi connectivity index (χ3v) is 4.29. The van der Waals surface area contributed by atoms with Crippen molar-refractivity contribution < 1.29 is 18.3 Å². The maximum atomic E-state index is 12.1. The van der Waals surface area contributed by atoms with Gasteiger partial charge >= 0.3 is 0 Å². The van der Waals surface area contributed by atoms with Crippen LogP contribution in [0.15, 0.2) is 29.2 Å². The Hall–Kier alpha value is -1.39. The van der Waals surface area contributed by atoms with Crippen molar-refractivity contribution in [1.82, 2.24) is 4.72 Å². The first-order valence-electron chi connectivity index (χ1n) is 6.55. The molecule has 0 saturated heterocycles. The zero-order valence-corrected chi connectivity index (χ0v) is 13.3. The van der Waals surface area contributed by atoms with E-state index in [1.807, 2.05) is 0 Å². The van der Waals surface area contributed by atoms with Crippen LogP contribution in [0.1, 0.15) is 25.8 Å². The number of nitrogens with one attached hydrogen (secondary N) is 1. The molecule has 0 unspecified atom stereocenters. The Morgan fingerprint density at radius 1 is 1.29 bits per heavy atom. The van der Waals surface area contributed by atoms with Crippen LogP contribution in [0.4, 0.5) is 0 Å². The van der Waals surface area contributed by atoms with E-state index in [-0.39, 0.29) is 18.0 Å². The van der Waals surface area contributed by atoms with Crippen LogP contribution in [0.3, 0.4) is 0 Å². The van der Waals surface area contributed by atoms with E-state index in [1.165, 1.54) is 19.2 Å². The Labute approximate surface area is 126 Å². The second kappa shape index (κ2) is 7.57. The van der Waals surface area contributed by atoms with Crippen molar-refractivity contribution in [2.75, 3.05) is 20.3 Å². The average Bonchev–Trinajstić information content (AvgIpc) is 2.46. The minimum atomic E-state index is -3.56. The number of rotatable bonds is 6. The lowest BCUT2D eigenvalue weighted by Gasteiger charge is -2.23. The summed E-state index contributed by atoms with van der Waals surface area (Å²) in [6.07, 6.45) is 0.397. The van der Waals surface area contributed by atoms with E-state index >= 15 is 0 Å². The van der Waals surface area contributed by atoms with Gasteiger partial charge in [-0.25, -0.2) is 13.1 Å². The minimum Gasteiger partial charge on any atom is -0.395 e. The van der Waals surface area contributed by atoms with Crippen molar-refractivity contribution in [2.45, 2.75) is 30.8 Å². The molecule has 1 aromatic rings. The number of benzene rings is 1. The Morgan fingerprint density at radius 3 is 2.43 bits per heavy atom. The molecule has 0 aliphatic carbocycles. The largest absolute Gasteiger partial charge is 0.395 e. The van der Waals surface area contributed by atoms with Gasteiger partial charge in [0.25, 0.3) is 0 Å². The van der Waals surface area contributed by atoms with E-state index in [9.17, 15) is 8.42 Å². The first kappa shape index (κ1) is 17.7. The van der Waals surface area contributed by atoms with E-state index in [0.717, 1.165) is 0 Å². The molecule has 0 fully saturated rings. The predicted molar refractivity (Wildman–Crippen MR) is 81.3 cm³/mol. The lowest BCUT2D eigenvalue weighted by Crippen LogP contribution is -2.39. The Bertz CT molecular complexity index is 609. The smallest absolute Gasteiger partial charge is 0.240 e. The van der Waals surface area contributed by atoms with Gasteiger partial charge in [0.15, 0.2) is 0 Å². The fraction of sp³-hybridized carbons (Fsp3) is 0.467. The van der Waals surface area contributed by atoms with E-state index in [1.54, 1.807) is 26.0 Å². The highest BCUT2D eigenvalue weighted by atomic mass is 32.2. The molecule has 0 atom stereocenters. The number of hydrogen-bond acceptors (Lipinski definition) is 4. The van der Waals surface area contributed by atoms with Gasteiger partial charge in [-0.15, -0.1) is 0 Å². The van der Waals surface area contributed by atoms with Gasteiger partial charge < -0.3 is 9.84 Å². The first-order valence-corrected chi connectivity index (χ1v) is 8.04. The van der Waals surface area contributed by atoms with Gasteiger partial charge in [0.05, 0.1) is 17.1 Å². The summed E-state index contributed by atoms with van der Waals surface area (Å²) in [5, 5.41) is 8.64. The van der Waals surface area contributed by atoms with E-state index in [2.05, 4.69) is 16.6 Å². The highest BCUT2D eigenvalue weighted by Gasteiger charge is 2.21. The molecule has 0 spiro atoms. The molecule has 116 valence electrons. The second-order valence-electron chi connectivity index (χ2n) is 5.09. The normalized spacial score (nSPS) is 11.8. The lowest BCUT2D eigenvalue weighted by atomic mass is 10.1. The number of aliphatic hydroxyl groups excluding tert-OH is 1. The third-order valence-electron chi connectivity index (χ3n) is 2.87. The predicted octanol–water partition coefficient (Wildman–Crippen LogP) is 1.12. The van der Waals surface area contributed by atoms with Crippen LogP contribution < -0.4 is 4.72 Å². The van der Waals surface area contributed by atoms with Crippen molar-refractivity contribution >= 4 is 10.0 Å². The van der Waals surface area contributed by atoms with Crippen molar-refractivity contribution in [1.29, 1.82) is 0 Å². The standard InChI is InChI=1S/C15H21NO4S/c1-15(2,20-3)12-16-21(18,19)14-9-7-13(8-10-14)6-4-5-11-17/h7-10,16-17H,5,11-12H2,1-3H3. The third kappa shape index (κ3) is 5.86. The van der Waals surface area contributed by atoms with Gasteiger partial charge in [-0.05, 0) is 38.1 Å². The number of sulfonamides is 1. The zero-order valence-electron chi connectivity index (χ0n) is 12.5. The molecule has 1 aromatic carbocycles. The summed E-state index contributed by atoms with van der Waals surface area (Å²) >= 11 is 0. The molecule has 2 N–H and O–H groups in total. The SMILES string of the molecule is COC(C)(C)CNS(=O)(=O)c1ccc(C#CCCO)cc1. The monoisotopic (exact) mass is 311 g/mol. The second-order valence-corrected chi connectivity index (χ2v) is 6.86. The molecular weight excluding hydrogens is 290 g/mol. The fourth-order valence-electron chi connectivity index (χ4n) is 1.36. The maximum Gasteiger partial charge on any atom is 0.240 e. The molecule has 0 aliphatic rings. The van der Waals surface area contributed by atoms with Gasteiger partial charge in [-0.3, -0.25) is 0 Å². The number of methoxy groups -OCH3 is 1. The zero-order chi connectivity index (χ0) is 15.9. The number of hydrogen-bond donors (Lipinski definition) is 2. The highest BCUT2D eigenvalue weighted by molar-refractivity contribution is 7.89. The number of ether oxygens (including phenoxy) is 1. The Morgan fingerprint density at radius 2 is 1.90 bits per heavy atom. The average molecular weight is 311 g/mol. The summed E-state index contributed by atoms with van der Waals surface area (Å²) in [6.45, 7) is 3.80. The maximum absolute atomic E-state index is 12.1. The highest BCUT2D eigenvalue weighted by Crippen LogP contribution is 2.12. The molecule has 5 nitrogen and oxygen atoms in total. The summed E-state index contributed by atoms with van der Waals surface area (Å²) in [5.74, 6) is 5.62. The Balaban J connectivity index is 2.79. The van der Waals surface area contributed by atoms with Gasteiger partial charge in [0.2, 0.25) is 10.0 Å². The van der Waals surface area contributed by atoms with Crippen molar-refractivity contribution in [3.8, 4) is 11.8 Å². The van der Waals surface area contributed by atoms with Crippen LogP contribution in [-0.2, 0) is 14.8 Å². The van der Waals surface area contributed by atoms with Crippen molar-refractivity contribution in [2.24, 2.45) is 0 Å². The van der Waals surface area contributed by atoms with E-state index in [0.29, 0.717) is 12.0 Å². The van der Waals surface area contributed by atoms with E-state index < -0.39 is 15.6 Å². The summed E-state index contributed by atoms with van der Waals surface area (Å²) in [5.41, 5.74) is 0.141. The fourth-order valence-corrected chi connectivity index (χ4v) is 2.56. The molecule has 1 rings (SSSR count). The molecule has 0 aliphatic heterocycles. The Kier molecular flexibility index (Phi) is 6.37. The molecule has 0 heterocycles. The van der Waals surface area contributed by atoms with Crippen LogP contribution in [0, 0.1) is 11.8 Å². The summed E-state index contributed by atoms with van der Waals surface area (Å²) < 4.78 is 32.0. The topological polar surface area (TPSA) is 75.6 Å². The van der Waals surface area contributed by atoms with Crippen LogP contribution in [0.2, 0.25) is 0 Å². The minimum absolute atomic E-state index is 0.0126. The number of aliphatic hydroxyl groups is 1. The summed E-state index contributed by atoms with van der Waals surface area (Å²) in [4.78, 5) is 0.183. The van der Waals surface area contributed by atoms with Gasteiger partial charge in [0.1, 0.15) is 0 Å². The van der Waals surface area contributed by atoms with Crippen molar-refractivity contribution in [3.63, 3.8) is 0 Å². The van der Waals surface area contributed by atoms with E-state index in [4.69, 9.17) is 9.84 Å². The van der Waals surface area contributed by atoms with Crippen LogP contribution in [0.25, 0.3) is 0 Å². The first-order chi connectivity index (χ1) is 9.80. The van der Waals surface area contributed by atoms with Gasteiger partial charge in [-0.1, -0.05) is 11.8 Å². The molecule has 0 amide bonds. The van der Waals surface area contributed by atoms with Crippen molar-refractivity contribution in [3.05, 3.63) is 29.8 Å². The molecule has 0 aromatic heterocycles.